The molecule has 0 bridgehead atoms. The van der Waals surface area contributed by atoms with Gasteiger partial charge in [0.05, 0.1) is 17.3 Å². The molecule has 1 atom stereocenters. The number of aromatic nitrogens is 1. The molecule has 92 valence electrons. The lowest BCUT2D eigenvalue weighted by atomic mass is 10.2. The quantitative estimate of drug-likeness (QED) is 0.745. The van der Waals surface area contributed by atoms with E-state index in [2.05, 4.69) is 31.1 Å². The SMILES string of the molecule is CCCOCC(Cc1nc(C)c(C)s1)NC. The first kappa shape index (κ1) is 13.6. The predicted octanol–water partition coefficient (Wildman–Crippen LogP) is 2.32. The summed E-state index contributed by atoms with van der Waals surface area (Å²) in [5.74, 6) is 0. The van der Waals surface area contributed by atoms with E-state index in [0.29, 0.717) is 6.04 Å². The van der Waals surface area contributed by atoms with Crippen LogP contribution in [-0.4, -0.2) is 31.3 Å². The number of hydrogen-bond acceptors (Lipinski definition) is 4. The first-order chi connectivity index (χ1) is 7.67. The Balaban J connectivity index is 2.43. The maximum atomic E-state index is 5.56. The topological polar surface area (TPSA) is 34.1 Å². The Morgan fingerprint density at radius 3 is 2.69 bits per heavy atom. The molecule has 0 aromatic carbocycles. The lowest BCUT2D eigenvalue weighted by molar-refractivity contribution is 0.114. The van der Waals surface area contributed by atoms with Gasteiger partial charge in [0, 0.05) is 23.9 Å². The Kier molecular flexibility index (Phi) is 5.95. The molecule has 0 radical (unpaired) electrons. The molecule has 1 aromatic heterocycles. The van der Waals surface area contributed by atoms with Crippen LogP contribution in [0.3, 0.4) is 0 Å². The molecular weight excluding hydrogens is 220 g/mol. The van der Waals surface area contributed by atoms with Gasteiger partial charge in [0.25, 0.3) is 0 Å². The minimum absolute atomic E-state index is 0.372. The number of hydrogen-bond donors (Lipinski definition) is 1. The van der Waals surface area contributed by atoms with Crippen molar-refractivity contribution in [2.45, 2.75) is 39.7 Å². The minimum atomic E-state index is 0.372. The molecular formula is C12H22N2OS. The zero-order chi connectivity index (χ0) is 12.0. The van der Waals surface area contributed by atoms with Crippen molar-refractivity contribution in [2.24, 2.45) is 0 Å². The van der Waals surface area contributed by atoms with Crippen LogP contribution in [0, 0.1) is 13.8 Å². The maximum absolute atomic E-state index is 5.56. The molecule has 0 amide bonds. The lowest BCUT2D eigenvalue weighted by Crippen LogP contribution is -2.32. The van der Waals surface area contributed by atoms with Crippen molar-refractivity contribution in [3.63, 3.8) is 0 Å². The van der Waals surface area contributed by atoms with Crippen molar-refractivity contribution in [2.75, 3.05) is 20.3 Å². The Morgan fingerprint density at radius 2 is 2.19 bits per heavy atom. The molecule has 4 heteroatoms. The smallest absolute Gasteiger partial charge is 0.0947 e. The van der Waals surface area contributed by atoms with Gasteiger partial charge < -0.3 is 10.1 Å². The molecule has 0 aliphatic rings. The van der Waals surface area contributed by atoms with Crippen LogP contribution in [-0.2, 0) is 11.2 Å². The van der Waals surface area contributed by atoms with Crippen LogP contribution < -0.4 is 5.32 Å². The van der Waals surface area contributed by atoms with Crippen LogP contribution in [0.2, 0.25) is 0 Å². The van der Waals surface area contributed by atoms with Gasteiger partial charge in [-0.3, -0.25) is 0 Å². The molecule has 0 spiro atoms. The fourth-order valence-corrected chi connectivity index (χ4v) is 2.47. The van der Waals surface area contributed by atoms with Gasteiger partial charge in [-0.1, -0.05) is 6.92 Å². The standard InChI is InChI=1S/C12H22N2OS/c1-5-6-15-8-11(13-4)7-12-14-9(2)10(3)16-12/h11,13H,5-8H2,1-4H3. The molecule has 0 saturated carbocycles. The summed E-state index contributed by atoms with van der Waals surface area (Å²) in [5.41, 5.74) is 1.16. The number of nitrogens with zero attached hydrogens (tertiary/aromatic N) is 1. The van der Waals surface area contributed by atoms with Crippen molar-refractivity contribution < 1.29 is 4.74 Å². The van der Waals surface area contributed by atoms with Gasteiger partial charge in [0.1, 0.15) is 0 Å². The Labute approximate surface area is 102 Å². The average molecular weight is 242 g/mol. The second-order valence-electron chi connectivity index (χ2n) is 4.01. The summed E-state index contributed by atoms with van der Waals surface area (Å²) < 4.78 is 5.56. The summed E-state index contributed by atoms with van der Waals surface area (Å²) in [7, 11) is 1.98. The summed E-state index contributed by atoms with van der Waals surface area (Å²) in [6.45, 7) is 7.92. The minimum Gasteiger partial charge on any atom is -0.380 e. The number of ether oxygens (including phenoxy) is 1. The first-order valence-electron chi connectivity index (χ1n) is 5.85. The van der Waals surface area contributed by atoms with Crippen molar-refractivity contribution in [1.29, 1.82) is 0 Å². The molecule has 1 heterocycles. The van der Waals surface area contributed by atoms with Gasteiger partial charge in [0.15, 0.2) is 0 Å². The molecule has 3 nitrogen and oxygen atoms in total. The van der Waals surface area contributed by atoms with E-state index in [1.54, 1.807) is 11.3 Å². The highest BCUT2D eigenvalue weighted by atomic mass is 32.1. The largest absolute Gasteiger partial charge is 0.380 e. The van der Waals surface area contributed by atoms with Gasteiger partial charge in [-0.2, -0.15) is 0 Å². The number of rotatable bonds is 7. The predicted molar refractivity (Wildman–Crippen MR) is 69.2 cm³/mol. The maximum Gasteiger partial charge on any atom is 0.0947 e. The van der Waals surface area contributed by atoms with E-state index >= 15 is 0 Å². The van der Waals surface area contributed by atoms with Gasteiger partial charge in [-0.25, -0.2) is 4.98 Å². The number of nitrogens with one attached hydrogen (secondary N) is 1. The summed E-state index contributed by atoms with van der Waals surface area (Å²) in [6.07, 6.45) is 2.03. The second kappa shape index (κ2) is 6.99. The van der Waals surface area contributed by atoms with Crippen LogP contribution in [0.5, 0.6) is 0 Å². The molecule has 1 N–H and O–H groups in total. The summed E-state index contributed by atoms with van der Waals surface area (Å²) in [5, 5.41) is 4.48. The van der Waals surface area contributed by atoms with Crippen LogP contribution >= 0.6 is 11.3 Å². The Bertz CT molecular complexity index is 292. The van der Waals surface area contributed by atoms with Gasteiger partial charge >= 0.3 is 0 Å². The van der Waals surface area contributed by atoms with Gasteiger partial charge in [0.2, 0.25) is 0 Å². The number of likely N-dealkylation sites (N-methyl/N-ethyl adjacent to an activating group) is 1. The average Bonchev–Trinajstić information content (AvgIpc) is 2.57. The fraction of sp³-hybridized carbons (Fsp3) is 0.750. The highest BCUT2D eigenvalue weighted by Crippen LogP contribution is 2.17. The summed E-state index contributed by atoms with van der Waals surface area (Å²) >= 11 is 1.79. The monoisotopic (exact) mass is 242 g/mol. The Hall–Kier alpha value is -0.450. The second-order valence-corrected chi connectivity index (χ2v) is 5.30. The van der Waals surface area contributed by atoms with E-state index in [4.69, 9.17) is 4.74 Å². The van der Waals surface area contributed by atoms with Gasteiger partial charge in [-0.15, -0.1) is 11.3 Å². The molecule has 16 heavy (non-hydrogen) atoms. The third-order valence-corrected chi connectivity index (χ3v) is 3.66. The normalized spacial score (nSPS) is 13.0. The first-order valence-corrected chi connectivity index (χ1v) is 6.67. The third-order valence-electron chi connectivity index (χ3n) is 2.57. The highest BCUT2D eigenvalue weighted by Gasteiger charge is 2.11. The summed E-state index contributed by atoms with van der Waals surface area (Å²) in [4.78, 5) is 5.87. The van der Waals surface area contributed by atoms with E-state index in [1.807, 2.05) is 7.05 Å². The van der Waals surface area contributed by atoms with Crippen molar-refractivity contribution in [3.8, 4) is 0 Å². The van der Waals surface area contributed by atoms with E-state index in [1.165, 1.54) is 9.88 Å². The molecule has 0 aliphatic heterocycles. The van der Waals surface area contributed by atoms with E-state index in [0.717, 1.165) is 31.7 Å². The van der Waals surface area contributed by atoms with Crippen LogP contribution in [0.15, 0.2) is 0 Å². The zero-order valence-electron chi connectivity index (χ0n) is 10.7. The number of thiazole rings is 1. The van der Waals surface area contributed by atoms with E-state index in [-0.39, 0.29) is 0 Å². The Morgan fingerprint density at radius 1 is 1.44 bits per heavy atom. The van der Waals surface area contributed by atoms with Crippen molar-refractivity contribution in [3.05, 3.63) is 15.6 Å². The molecule has 0 fully saturated rings. The molecule has 0 saturated heterocycles. The van der Waals surface area contributed by atoms with Crippen LogP contribution in [0.4, 0.5) is 0 Å². The summed E-state index contributed by atoms with van der Waals surface area (Å²) in [6, 6.07) is 0.372. The van der Waals surface area contributed by atoms with Crippen LogP contribution in [0.1, 0.15) is 28.9 Å². The number of aryl methyl sites for hydroxylation is 2. The molecule has 1 unspecified atom stereocenters. The third kappa shape index (κ3) is 4.20. The van der Waals surface area contributed by atoms with E-state index in [9.17, 15) is 0 Å². The lowest BCUT2D eigenvalue weighted by Gasteiger charge is -2.14. The van der Waals surface area contributed by atoms with E-state index < -0.39 is 0 Å². The fourth-order valence-electron chi connectivity index (χ4n) is 1.45. The highest BCUT2D eigenvalue weighted by molar-refractivity contribution is 7.11. The molecule has 1 rings (SSSR count). The molecule has 1 aromatic rings. The van der Waals surface area contributed by atoms with Crippen molar-refractivity contribution in [1.82, 2.24) is 10.3 Å². The van der Waals surface area contributed by atoms with Crippen LogP contribution in [0.25, 0.3) is 0 Å². The van der Waals surface area contributed by atoms with Crippen molar-refractivity contribution >= 4 is 11.3 Å². The zero-order valence-corrected chi connectivity index (χ0v) is 11.5. The molecule has 0 aliphatic carbocycles. The van der Waals surface area contributed by atoms with Gasteiger partial charge in [-0.05, 0) is 27.3 Å².